The highest BCUT2D eigenvalue weighted by atomic mass is 16.5. The summed E-state index contributed by atoms with van der Waals surface area (Å²) in [5.41, 5.74) is 1.32. The fourth-order valence-corrected chi connectivity index (χ4v) is 2.41. The Morgan fingerprint density at radius 3 is 2.78 bits per heavy atom. The van der Waals surface area contributed by atoms with Crippen LogP contribution in [0.25, 0.3) is 10.8 Å². The molecule has 2 aromatic rings. The molecule has 1 aliphatic heterocycles. The molecule has 1 N–H and O–H groups in total. The molecule has 0 aliphatic carbocycles. The molecule has 18 heavy (non-hydrogen) atoms. The van der Waals surface area contributed by atoms with Crippen LogP contribution in [0.1, 0.15) is 11.6 Å². The maximum atomic E-state index is 5.24. The molecule has 3 nitrogen and oxygen atoms in total. The Morgan fingerprint density at radius 2 is 2.00 bits per heavy atom. The molecule has 1 aliphatic rings. The summed E-state index contributed by atoms with van der Waals surface area (Å²) in [7, 11) is 1.70. The lowest BCUT2D eigenvalue weighted by atomic mass is 10.0. The van der Waals surface area contributed by atoms with Gasteiger partial charge in [0.15, 0.2) is 0 Å². The van der Waals surface area contributed by atoms with Crippen LogP contribution in [0.3, 0.4) is 0 Å². The first kappa shape index (κ1) is 11.5. The van der Waals surface area contributed by atoms with Crippen molar-refractivity contribution in [3.8, 4) is 5.75 Å². The van der Waals surface area contributed by atoms with Gasteiger partial charge in [0.1, 0.15) is 5.75 Å². The Kier molecular flexibility index (Phi) is 3.17. The van der Waals surface area contributed by atoms with Gasteiger partial charge in [0.05, 0.1) is 7.11 Å². The van der Waals surface area contributed by atoms with Gasteiger partial charge >= 0.3 is 0 Å². The molecule has 0 aromatic heterocycles. The van der Waals surface area contributed by atoms with Gasteiger partial charge in [-0.15, -0.1) is 0 Å². The van der Waals surface area contributed by atoms with Crippen LogP contribution in [-0.2, 0) is 0 Å². The molecule has 1 fully saturated rings. The Bertz CT molecular complexity index is 547. The fourth-order valence-electron chi connectivity index (χ4n) is 2.41. The largest absolute Gasteiger partial charge is 0.497 e. The molecule has 1 heterocycles. The molecule has 0 amide bonds. The van der Waals surface area contributed by atoms with Crippen LogP contribution >= 0.6 is 0 Å². The summed E-state index contributed by atoms with van der Waals surface area (Å²) in [4.78, 5) is 0. The Morgan fingerprint density at radius 1 is 1.17 bits per heavy atom. The summed E-state index contributed by atoms with van der Waals surface area (Å²) in [6.07, 6.45) is 0. The number of ether oxygens (including phenoxy) is 1. The molecule has 0 saturated carbocycles. The van der Waals surface area contributed by atoms with Crippen molar-refractivity contribution in [1.82, 2.24) is 10.6 Å². The predicted octanol–water partition coefficient (Wildman–Crippen LogP) is 2.10. The van der Waals surface area contributed by atoms with Gasteiger partial charge in [0, 0.05) is 25.7 Å². The second-order valence-electron chi connectivity index (χ2n) is 4.61. The molecule has 2 aromatic carbocycles. The van der Waals surface area contributed by atoms with Crippen LogP contribution < -0.4 is 15.4 Å². The Hall–Kier alpha value is -1.58. The molecule has 0 bridgehead atoms. The number of hydrogen-bond acceptors (Lipinski definition) is 2. The van der Waals surface area contributed by atoms with Crippen LogP contribution in [-0.4, -0.2) is 26.7 Å². The van der Waals surface area contributed by atoms with Gasteiger partial charge in [-0.3, -0.25) is 0 Å². The highest BCUT2D eigenvalue weighted by Crippen LogP contribution is 2.24. The molecule has 1 saturated heterocycles. The third kappa shape index (κ3) is 2.19. The number of rotatable bonds is 2. The van der Waals surface area contributed by atoms with E-state index in [2.05, 4.69) is 41.0 Å². The number of hydrogen-bond donors (Lipinski definition) is 1. The molecule has 3 rings (SSSR count). The minimum absolute atomic E-state index is 0.366. The van der Waals surface area contributed by atoms with Crippen LogP contribution in [0.4, 0.5) is 0 Å². The van der Waals surface area contributed by atoms with Crippen molar-refractivity contribution in [2.24, 2.45) is 0 Å². The lowest BCUT2D eigenvalue weighted by Gasteiger charge is -2.24. The lowest BCUT2D eigenvalue weighted by Crippen LogP contribution is -2.38. The third-order valence-electron chi connectivity index (χ3n) is 3.45. The standard InChI is InChI=1S/C15H17N2O/c1-18-14-5-4-11-8-13(3-2-12(11)9-14)15-10-16-6-7-17-15/h2-5,8-9,15,17H,6-7,10H2,1H3/t15-/m0/s1. The monoisotopic (exact) mass is 241 g/mol. The summed E-state index contributed by atoms with van der Waals surface area (Å²) in [6, 6.07) is 13.1. The van der Waals surface area contributed by atoms with Crippen molar-refractivity contribution in [3.63, 3.8) is 0 Å². The van der Waals surface area contributed by atoms with E-state index in [9.17, 15) is 0 Å². The van der Waals surface area contributed by atoms with Gasteiger partial charge in [-0.1, -0.05) is 18.2 Å². The highest BCUT2D eigenvalue weighted by Gasteiger charge is 2.15. The van der Waals surface area contributed by atoms with E-state index in [1.165, 1.54) is 16.3 Å². The minimum atomic E-state index is 0.366. The summed E-state index contributed by atoms with van der Waals surface area (Å²) >= 11 is 0. The number of nitrogens with one attached hydrogen (secondary N) is 1. The summed E-state index contributed by atoms with van der Waals surface area (Å²) in [6.45, 7) is 2.79. The number of benzene rings is 2. The molecule has 93 valence electrons. The first-order valence-corrected chi connectivity index (χ1v) is 6.31. The topological polar surface area (TPSA) is 35.4 Å². The van der Waals surface area contributed by atoms with Crippen molar-refractivity contribution < 1.29 is 4.74 Å². The van der Waals surface area contributed by atoms with E-state index in [4.69, 9.17) is 4.74 Å². The normalized spacial score (nSPS) is 19.9. The first-order valence-electron chi connectivity index (χ1n) is 6.31. The van der Waals surface area contributed by atoms with E-state index in [1.54, 1.807) is 7.11 Å². The number of methoxy groups -OCH3 is 1. The lowest BCUT2D eigenvalue weighted by molar-refractivity contribution is 0.415. The molecule has 0 spiro atoms. The maximum absolute atomic E-state index is 5.24. The zero-order valence-corrected chi connectivity index (χ0v) is 10.5. The molecule has 3 heteroatoms. The maximum Gasteiger partial charge on any atom is 0.119 e. The second kappa shape index (κ2) is 4.96. The van der Waals surface area contributed by atoms with Gasteiger partial charge in [0.25, 0.3) is 0 Å². The van der Waals surface area contributed by atoms with Crippen LogP contribution in [0.5, 0.6) is 5.75 Å². The number of fused-ring (bicyclic) bond motifs is 1. The van der Waals surface area contributed by atoms with Crippen LogP contribution in [0.15, 0.2) is 36.4 Å². The molecular formula is C15H17N2O. The smallest absolute Gasteiger partial charge is 0.119 e. The van der Waals surface area contributed by atoms with E-state index < -0.39 is 0 Å². The number of nitrogens with zero attached hydrogens (tertiary/aromatic N) is 1. The van der Waals surface area contributed by atoms with E-state index in [0.717, 1.165) is 25.4 Å². The summed E-state index contributed by atoms with van der Waals surface area (Å²) < 4.78 is 5.24. The van der Waals surface area contributed by atoms with Crippen molar-refractivity contribution >= 4 is 10.8 Å². The minimum Gasteiger partial charge on any atom is -0.497 e. The van der Waals surface area contributed by atoms with E-state index in [0.29, 0.717) is 6.04 Å². The van der Waals surface area contributed by atoms with Gasteiger partial charge < -0.3 is 10.1 Å². The Balaban J connectivity index is 1.95. The number of piperazine rings is 1. The van der Waals surface area contributed by atoms with Crippen molar-refractivity contribution in [3.05, 3.63) is 42.0 Å². The van der Waals surface area contributed by atoms with E-state index in [1.807, 2.05) is 6.07 Å². The molecule has 0 unspecified atom stereocenters. The van der Waals surface area contributed by atoms with Gasteiger partial charge in [-0.2, -0.15) is 0 Å². The quantitative estimate of drug-likeness (QED) is 0.874. The van der Waals surface area contributed by atoms with Gasteiger partial charge in [-0.05, 0) is 34.5 Å². The van der Waals surface area contributed by atoms with Gasteiger partial charge in [0.2, 0.25) is 0 Å². The SMILES string of the molecule is COc1ccc2cc([C@@H]3C[N]CCN3)ccc2c1. The van der Waals surface area contributed by atoms with E-state index >= 15 is 0 Å². The zero-order chi connectivity index (χ0) is 12.4. The molecular weight excluding hydrogens is 224 g/mol. The molecule has 1 radical (unpaired) electrons. The average molecular weight is 241 g/mol. The van der Waals surface area contributed by atoms with Gasteiger partial charge in [-0.25, -0.2) is 5.32 Å². The highest BCUT2D eigenvalue weighted by molar-refractivity contribution is 5.84. The van der Waals surface area contributed by atoms with Crippen molar-refractivity contribution in [2.75, 3.05) is 26.7 Å². The molecule has 1 atom stereocenters. The predicted molar refractivity (Wildman–Crippen MR) is 73.1 cm³/mol. The zero-order valence-electron chi connectivity index (χ0n) is 10.5. The Labute approximate surface area is 107 Å². The average Bonchev–Trinajstić information content (AvgIpc) is 2.47. The van der Waals surface area contributed by atoms with Crippen molar-refractivity contribution in [2.45, 2.75) is 6.04 Å². The summed E-state index contributed by atoms with van der Waals surface area (Å²) in [5.74, 6) is 0.904. The second-order valence-corrected chi connectivity index (χ2v) is 4.61. The van der Waals surface area contributed by atoms with Crippen LogP contribution in [0.2, 0.25) is 0 Å². The van der Waals surface area contributed by atoms with E-state index in [-0.39, 0.29) is 0 Å². The van der Waals surface area contributed by atoms with Crippen molar-refractivity contribution in [1.29, 1.82) is 0 Å². The fraction of sp³-hybridized carbons (Fsp3) is 0.333. The van der Waals surface area contributed by atoms with Crippen LogP contribution in [0, 0.1) is 0 Å². The summed E-state index contributed by atoms with van der Waals surface area (Å²) in [5, 5.41) is 10.4. The first-order chi connectivity index (χ1) is 8.86. The third-order valence-corrected chi connectivity index (χ3v) is 3.45.